The van der Waals surface area contributed by atoms with Crippen LogP contribution in [0.5, 0.6) is 0 Å². The molecule has 0 fully saturated rings. The molecule has 19 heavy (non-hydrogen) atoms. The maximum Gasteiger partial charge on any atom is 0.339 e. The molecule has 1 heterocycles. The minimum Gasteiger partial charge on any atom is -0.478 e. The summed E-state index contributed by atoms with van der Waals surface area (Å²) in [5.74, 6) is -0.659. The number of carbonyl (C=O) groups is 1. The van der Waals surface area contributed by atoms with Crippen LogP contribution >= 0.6 is 0 Å². The van der Waals surface area contributed by atoms with Gasteiger partial charge in [0.1, 0.15) is 5.56 Å². The standard InChI is InChI=1S/C14H22N2O3/c1-9(2)6-14(4,19)8-16-12-5-10(3)15-7-11(12)13(17)18/h5,7,9,19H,6,8H2,1-4H3,(H,15,16)(H,17,18). The molecule has 0 radical (unpaired) electrons. The van der Waals surface area contributed by atoms with Crippen LogP contribution in [0.15, 0.2) is 12.3 Å². The van der Waals surface area contributed by atoms with E-state index in [0.717, 1.165) is 5.69 Å². The van der Waals surface area contributed by atoms with Crippen molar-refractivity contribution in [1.29, 1.82) is 0 Å². The molecular weight excluding hydrogens is 244 g/mol. The molecule has 1 atom stereocenters. The van der Waals surface area contributed by atoms with Gasteiger partial charge in [0, 0.05) is 18.4 Å². The normalized spacial score (nSPS) is 14.2. The van der Waals surface area contributed by atoms with E-state index >= 15 is 0 Å². The molecule has 0 bridgehead atoms. The highest BCUT2D eigenvalue weighted by Crippen LogP contribution is 2.20. The van der Waals surface area contributed by atoms with E-state index in [1.807, 2.05) is 13.8 Å². The lowest BCUT2D eigenvalue weighted by atomic mass is 9.94. The summed E-state index contributed by atoms with van der Waals surface area (Å²) in [7, 11) is 0. The molecule has 106 valence electrons. The molecule has 0 aliphatic carbocycles. The zero-order valence-electron chi connectivity index (χ0n) is 11.9. The zero-order chi connectivity index (χ0) is 14.6. The number of hydrogen-bond donors (Lipinski definition) is 3. The summed E-state index contributed by atoms with van der Waals surface area (Å²) < 4.78 is 0. The fourth-order valence-corrected chi connectivity index (χ4v) is 2.11. The second-order valence-electron chi connectivity index (χ2n) is 5.62. The van der Waals surface area contributed by atoms with Crippen LogP contribution in [0, 0.1) is 12.8 Å². The van der Waals surface area contributed by atoms with Gasteiger partial charge in [-0.15, -0.1) is 0 Å². The highest BCUT2D eigenvalue weighted by atomic mass is 16.4. The number of aliphatic hydroxyl groups is 1. The van der Waals surface area contributed by atoms with Gasteiger partial charge in [0.2, 0.25) is 0 Å². The summed E-state index contributed by atoms with van der Waals surface area (Å²) in [5.41, 5.74) is 0.465. The largest absolute Gasteiger partial charge is 0.478 e. The van der Waals surface area contributed by atoms with Crippen LogP contribution in [0.1, 0.15) is 43.2 Å². The van der Waals surface area contributed by atoms with Crippen molar-refractivity contribution in [2.75, 3.05) is 11.9 Å². The number of rotatable bonds is 6. The highest BCUT2D eigenvalue weighted by Gasteiger charge is 2.22. The van der Waals surface area contributed by atoms with Gasteiger partial charge in [-0.2, -0.15) is 0 Å². The van der Waals surface area contributed by atoms with Crippen molar-refractivity contribution in [2.45, 2.75) is 39.7 Å². The van der Waals surface area contributed by atoms with Gasteiger partial charge in [0.05, 0.1) is 11.3 Å². The van der Waals surface area contributed by atoms with E-state index in [1.54, 1.807) is 19.9 Å². The summed E-state index contributed by atoms with van der Waals surface area (Å²) in [5, 5.41) is 22.3. The average Bonchev–Trinajstić information content (AvgIpc) is 2.24. The Kier molecular flexibility index (Phi) is 4.89. The molecule has 0 saturated heterocycles. The summed E-state index contributed by atoms with van der Waals surface area (Å²) in [6, 6.07) is 1.68. The van der Waals surface area contributed by atoms with Gasteiger partial charge in [0.25, 0.3) is 0 Å². The van der Waals surface area contributed by atoms with Gasteiger partial charge >= 0.3 is 5.97 Å². The first-order valence-corrected chi connectivity index (χ1v) is 6.37. The van der Waals surface area contributed by atoms with Crippen LogP contribution in [-0.4, -0.2) is 33.3 Å². The lowest BCUT2D eigenvalue weighted by molar-refractivity contribution is 0.0513. The number of aryl methyl sites for hydroxylation is 1. The lowest BCUT2D eigenvalue weighted by Gasteiger charge is -2.26. The van der Waals surface area contributed by atoms with Crippen LogP contribution in [-0.2, 0) is 0 Å². The molecule has 3 N–H and O–H groups in total. The van der Waals surface area contributed by atoms with Crippen molar-refractivity contribution in [2.24, 2.45) is 5.92 Å². The molecule has 1 aromatic heterocycles. The third-order valence-electron chi connectivity index (χ3n) is 2.78. The zero-order valence-corrected chi connectivity index (χ0v) is 11.9. The van der Waals surface area contributed by atoms with Gasteiger partial charge < -0.3 is 15.5 Å². The number of anilines is 1. The Morgan fingerprint density at radius 2 is 2.16 bits per heavy atom. The third-order valence-corrected chi connectivity index (χ3v) is 2.78. The molecule has 1 rings (SSSR count). The minimum atomic E-state index is -1.03. The van der Waals surface area contributed by atoms with Gasteiger partial charge in [0.15, 0.2) is 0 Å². The summed E-state index contributed by atoms with van der Waals surface area (Å²) in [6.45, 7) is 7.91. The maximum atomic E-state index is 11.1. The monoisotopic (exact) mass is 266 g/mol. The van der Waals surface area contributed by atoms with Crippen LogP contribution in [0.4, 0.5) is 5.69 Å². The Morgan fingerprint density at radius 3 is 2.68 bits per heavy atom. The first-order valence-electron chi connectivity index (χ1n) is 6.37. The van der Waals surface area contributed by atoms with Gasteiger partial charge in [-0.25, -0.2) is 4.79 Å². The van der Waals surface area contributed by atoms with Crippen LogP contribution in [0.3, 0.4) is 0 Å². The molecule has 0 aromatic carbocycles. The minimum absolute atomic E-state index is 0.117. The van der Waals surface area contributed by atoms with E-state index in [2.05, 4.69) is 10.3 Å². The van der Waals surface area contributed by atoms with Gasteiger partial charge in [-0.3, -0.25) is 4.98 Å². The Hall–Kier alpha value is -1.62. The van der Waals surface area contributed by atoms with Crippen molar-refractivity contribution in [3.63, 3.8) is 0 Å². The lowest BCUT2D eigenvalue weighted by Crippen LogP contribution is -2.35. The fourth-order valence-electron chi connectivity index (χ4n) is 2.11. The number of hydrogen-bond acceptors (Lipinski definition) is 4. The fraction of sp³-hybridized carbons (Fsp3) is 0.571. The number of nitrogens with one attached hydrogen (secondary N) is 1. The van der Waals surface area contributed by atoms with Crippen LogP contribution in [0.25, 0.3) is 0 Å². The molecule has 0 saturated carbocycles. The van der Waals surface area contributed by atoms with Crippen molar-refractivity contribution < 1.29 is 15.0 Å². The van der Waals surface area contributed by atoms with Gasteiger partial charge in [-0.05, 0) is 32.3 Å². The molecular formula is C14H22N2O3. The first-order chi connectivity index (χ1) is 8.71. The summed E-state index contributed by atoms with van der Waals surface area (Å²) >= 11 is 0. The Balaban J connectivity index is 2.82. The number of pyridine rings is 1. The molecule has 5 heteroatoms. The van der Waals surface area contributed by atoms with Crippen LogP contribution in [0.2, 0.25) is 0 Å². The number of aromatic nitrogens is 1. The Labute approximate surface area is 113 Å². The summed E-state index contributed by atoms with van der Waals surface area (Å²) in [4.78, 5) is 15.1. The smallest absolute Gasteiger partial charge is 0.339 e. The maximum absolute atomic E-state index is 11.1. The predicted octanol–water partition coefficient (Wildman–Crippen LogP) is 2.30. The van der Waals surface area contributed by atoms with E-state index in [0.29, 0.717) is 24.6 Å². The molecule has 5 nitrogen and oxygen atoms in total. The predicted molar refractivity (Wildman–Crippen MR) is 74.5 cm³/mol. The first kappa shape index (κ1) is 15.4. The van der Waals surface area contributed by atoms with Crippen LogP contribution < -0.4 is 5.32 Å². The second kappa shape index (κ2) is 6.02. The number of nitrogens with zero attached hydrogens (tertiary/aromatic N) is 1. The van der Waals surface area contributed by atoms with Crippen molar-refractivity contribution in [3.05, 3.63) is 23.5 Å². The summed E-state index contributed by atoms with van der Waals surface area (Å²) in [6.07, 6.45) is 1.98. The third kappa shape index (κ3) is 4.87. The van der Waals surface area contributed by atoms with Crippen molar-refractivity contribution >= 4 is 11.7 Å². The SMILES string of the molecule is Cc1cc(NCC(C)(O)CC(C)C)c(C(=O)O)cn1. The Bertz CT molecular complexity index is 456. The topological polar surface area (TPSA) is 82.5 Å². The van der Waals surface area contributed by atoms with Gasteiger partial charge in [-0.1, -0.05) is 13.8 Å². The Morgan fingerprint density at radius 1 is 1.53 bits per heavy atom. The average molecular weight is 266 g/mol. The molecule has 0 amide bonds. The highest BCUT2D eigenvalue weighted by molar-refractivity contribution is 5.93. The van der Waals surface area contributed by atoms with E-state index in [1.165, 1.54) is 6.20 Å². The van der Waals surface area contributed by atoms with Crippen molar-refractivity contribution in [3.8, 4) is 0 Å². The quantitative estimate of drug-likeness (QED) is 0.736. The molecule has 0 spiro atoms. The molecule has 1 unspecified atom stereocenters. The van der Waals surface area contributed by atoms with E-state index < -0.39 is 11.6 Å². The number of aromatic carboxylic acids is 1. The second-order valence-corrected chi connectivity index (χ2v) is 5.62. The molecule has 0 aliphatic heterocycles. The number of carboxylic acids is 1. The molecule has 0 aliphatic rings. The number of carboxylic acid groups (broad SMARTS) is 1. The van der Waals surface area contributed by atoms with E-state index in [-0.39, 0.29) is 5.56 Å². The van der Waals surface area contributed by atoms with E-state index in [4.69, 9.17) is 5.11 Å². The van der Waals surface area contributed by atoms with E-state index in [9.17, 15) is 9.90 Å². The molecule has 1 aromatic rings. The van der Waals surface area contributed by atoms with Crippen molar-refractivity contribution in [1.82, 2.24) is 4.98 Å².